The summed E-state index contributed by atoms with van der Waals surface area (Å²) < 4.78 is 0. The lowest BCUT2D eigenvalue weighted by Crippen LogP contribution is -2.59. The van der Waals surface area contributed by atoms with Crippen molar-refractivity contribution in [1.82, 2.24) is 9.80 Å². The maximum atomic E-state index is 13.0. The number of carbonyl (C=O) groups excluding carboxylic acids is 3. The van der Waals surface area contributed by atoms with Gasteiger partial charge in [-0.25, -0.2) is 0 Å². The number of hydrogen-bond acceptors (Lipinski definition) is 6. The number of thiol groups is 1. The monoisotopic (exact) mass is 344 g/mol. The molecule has 2 heterocycles. The number of nitrogens with two attached hydrogens (primary N) is 2. The Balaban J connectivity index is 2.28. The van der Waals surface area contributed by atoms with E-state index in [0.717, 1.165) is 0 Å². The van der Waals surface area contributed by atoms with Crippen molar-refractivity contribution >= 4 is 30.4 Å². The van der Waals surface area contributed by atoms with Crippen LogP contribution in [0.1, 0.15) is 26.2 Å². The third kappa shape index (κ3) is 2.92. The van der Waals surface area contributed by atoms with Crippen molar-refractivity contribution in [3.05, 3.63) is 0 Å². The van der Waals surface area contributed by atoms with Crippen LogP contribution in [0.2, 0.25) is 0 Å². The van der Waals surface area contributed by atoms with Crippen LogP contribution in [0.3, 0.4) is 0 Å². The second-order valence-corrected chi connectivity index (χ2v) is 6.62. The van der Waals surface area contributed by atoms with Gasteiger partial charge in [-0.3, -0.25) is 14.4 Å². The van der Waals surface area contributed by atoms with Gasteiger partial charge in [-0.05, 0) is 26.2 Å². The van der Waals surface area contributed by atoms with E-state index in [2.05, 4.69) is 12.6 Å². The Hall–Kier alpha value is -1.32. The second-order valence-electron chi connectivity index (χ2n) is 6.25. The van der Waals surface area contributed by atoms with Gasteiger partial charge in [0.05, 0.1) is 12.1 Å². The Labute approximate surface area is 140 Å². The lowest BCUT2D eigenvalue weighted by Gasteiger charge is -2.36. The SMILES string of the molecule is C[C@@H](O)[C@@H](C(N)=O)N1CCC2(CCCN2C(=O)[C@@H](N)CS)C1=O. The molecule has 8 nitrogen and oxygen atoms in total. The molecular weight excluding hydrogens is 320 g/mol. The molecule has 2 fully saturated rings. The van der Waals surface area contributed by atoms with Gasteiger partial charge in [0.15, 0.2) is 0 Å². The standard InChI is InChI=1S/C14H24N4O4S/c1-8(19)10(11(16)20)17-6-4-14(13(17)22)3-2-5-18(14)12(21)9(15)7-23/h8-10,19,23H,2-7,15H2,1H3,(H2,16,20)/t8-,9+,10+,14?/m1/s1. The van der Waals surface area contributed by atoms with Crippen LogP contribution in [0.25, 0.3) is 0 Å². The molecule has 0 radical (unpaired) electrons. The Bertz CT molecular complexity index is 515. The highest BCUT2D eigenvalue weighted by atomic mass is 32.1. The fourth-order valence-electron chi connectivity index (χ4n) is 3.66. The highest BCUT2D eigenvalue weighted by molar-refractivity contribution is 7.80. The largest absolute Gasteiger partial charge is 0.391 e. The molecule has 1 unspecified atom stereocenters. The highest BCUT2D eigenvalue weighted by Crippen LogP contribution is 2.40. The molecule has 23 heavy (non-hydrogen) atoms. The first-order chi connectivity index (χ1) is 10.8. The zero-order valence-electron chi connectivity index (χ0n) is 13.1. The summed E-state index contributed by atoms with van der Waals surface area (Å²) in [7, 11) is 0. The van der Waals surface area contributed by atoms with Crippen LogP contribution in [-0.4, -0.2) is 75.2 Å². The van der Waals surface area contributed by atoms with Gasteiger partial charge in [0.1, 0.15) is 11.6 Å². The minimum Gasteiger partial charge on any atom is -0.391 e. The first-order valence-corrected chi connectivity index (χ1v) is 8.36. The molecule has 0 aromatic carbocycles. The van der Waals surface area contributed by atoms with E-state index in [9.17, 15) is 19.5 Å². The summed E-state index contributed by atoms with van der Waals surface area (Å²) in [6.07, 6.45) is 0.559. The lowest BCUT2D eigenvalue weighted by atomic mass is 9.93. The maximum absolute atomic E-state index is 13.0. The van der Waals surface area contributed by atoms with Gasteiger partial charge in [0.25, 0.3) is 0 Å². The van der Waals surface area contributed by atoms with E-state index < -0.39 is 29.6 Å². The third-order valence-electron chi connectivity index (χ3n) is 4.78. The molecule has 4 atom stereocenters. The molecule has 3 amide bonds. The van der Waals surface area contributed by atoms with Crippen molar-refractivity contribution in [2.24, 2.45) is 11.5 Å². The number of aliphatic hydroxyl groups excluding tert-OH is 1. The highest BCUT2D eigenvalue weighted by Gasteiger charge is 2.57. The number of likely N-dealkylation sites (tertiary alicyclic amines) is 2. The molecule has 2 aliphatic rings. The van der Waals surface area contributed by atoms with Crippen LogP contribution in [0.4, 0.5) is 0 Å². The smallest absolute Gasteiger partial charge is 0.249 e. The molecule has 0 bridgehead atoms. The Morgan fingerprint density at radius 3 is 2.57 bits per heavy atom. The van der Waals surface area contributed by atoms with Crippen LogP contribution in [-0.2, 0) is 14.4 Å². The van der Waals surface area contributed by atoms with Gasteiger partial charge in [-0.1, -0.05) is 0 Å². The van der Waals surface area contributed by atoms with E-state index in [0.29, 0.717) is 25.8 Å². The maximum Gasteiger partial charge on any atom is 0.249 e. The Morgan fingerprint density at radius 2 is 2.04 bits per heavy atom. The fraction of sp³-hybridized carbons (Fsp3) is 0.786. The first kappa shape index (κ1) is 18.0. The predicted molar refractivity (Wildman–Crippen MR) is 86.5 cm³/mol. The number of amides is 3. The van der Waals surface area contributed by atoms with E-state index in [4.69, 9.17) is 11.5 Å². The molecule has 5 N–H and O–H groups in total. The number of nitrogens with zero attached hydrogens (tertiary/aromatic N) is 2. The summed E-state index contributed by atoms with van der Waals surface area (Å²) in [4.78, 5) is 39.9. The van der Waals surface area contributed by atoms with Crippen LogP contribution in [0.5, 0.6) is 0 Å². The molecule has 2 saturated heterocycles. The van der Waals surface area contributed by atoms with Crippen molar-refractivity contribution < 1.29 is 19.5 Å². The van der Waals surface area contributed by atoms with E-state index in [1.165, 1.54) is 16.7 Å². The third-order valence-corrected chi connectivity index (χ3v) is 5.17. The molecule has 0 aliphatic carbocycles. The number of aliphatic hydroxyl groups is 1. The number of rotatable bonds is 5. The van der Waals surface area contributed by atoms with Gasteiger partial charge in [-0.2, -0.15) is 12.6 Å². The molecule has 2 rings (SSSR count). The Morgan fingerprint density at radius 1 is 1.39 bits per heavy atom. The molecule has 0 aromatic rings. The minimum atomic E-state index is -1.09. The van der Waals surface area contributed by atoms with Crippen molar-refractivity contribution in [3.8, 4) is 0 Å². The average Bonchev–Trinajstić information content (AvgIpc) is 3.05. The molecule has 2 aliphatic heterocycles. The topological polar surface area (TPSA) is 130 Å². The van der Waals surface area contributed by atoms with Crippen molar-refractivity contribution in [3.63, 3.8) is 0 Å². The van der Waals surface area contributed by atoms with Crippen molar-refractivity contribution in [2.45, 2.75) is 49.9 Å². The van der Waals surface area contributed by atoms with Crippen LogP contribution < -0.4 is 11.5 Å². The summed E-state index contributed by atoms with van der Waals surface area (Å²) in [6.45, 7) is 2.15. The Kier molecular flexibility index (Phi) is 5.22. The van der Waals surface area contributed by atoms with Crippen molar-refractivity contribution in [1.29, 1.82) is 0 Å². The van der Waals surface area contributed by atoms with E-state index in [-0.39, 0.29) is 24.1 Å². The van der Waals surface area contributed by atoms with Crippen LogP contribution in [0.15, 0.2) is 0 Å². The van der Waals surface area contributed by atoms with Gasteiger partial charge in [0.2, 0.25) is 17.7 Å². The summed E-state index contributed by atoms with van der Waals surface area (Å²) in [6, 6.07) is -1.85. The van der Waals surface area contributed by atoms with E-state index in [1.54, 1.807) is 0 Å². The summed E-state index contributed by atoms with van der Waals surface area (Å²) in [5, 5.41) is 9.79. The van der Waals surface area contributed by atoms with Crippen molar-refractivity contribution in [2.75, 3.05) is 18.8 Å². The number of primary amides is 1. The fourth-order valence-corrected chi connectivity index (χ4v) is 3.81. The number of hydrogen-bond donors (Lipinski definition) is 4. The predicted octanol–water partition coefficient (Wildman–Crippen LogP) is -1.93. The summed E-state index contributed by atoms with van der Waals surface area (Å²) in [5.41, 5.74) is 10.1. The van der Waals surface area contributed by atoms with Crippen LogP contribution in [0, 0.1) is 0 Å². The van der Waals surface area contributed by atoms with Gasteiger partial charge >= 0.3 is 0 Å². The normalized spacial score (nSPS) is 28.3. The van der Waals surface area contributed by atoms with Gasteiger partial charge in [0, 0.05) is 18.8 Å². The second kappa shape index (κ2) is 6.66. The van der Waals surface area contributed by atoms with E-state index >= 15 is 0 Å². The van der Waals surface area contributed by atoms with Crippen LogP contribution >= 0.6 is 12.6 Å². The zero-order valence-corrected chi connectivity index (χ0v) is 14.0. The average molecular weight is 344 g/mol. The van der Waals surface area contributed by atoms with Gasteiger partial charge < -0.3 is 26.4 Å². The van der Waals surface area contributed by atoms with Gasteiger partial charge in [-0.15, -0.1) is 0 Å². The first-order valence-electron chi connectivity index (χ1n) is 7.72. The summed E-state index contributed by atoms with van der Waals surface area (Å²) >= 11 is 4.04. The lowest BCUT2D eigenvalue weighted by molar-refractivity contribution is -0.150. The quantitative estimate of drug-likeness (QED) is 0.432. The summed E-state index contributed by atoms with van der Waals surface area (Å²) in [5.74, 6) is -1.20. The molecule has 0 aromatic heterocycles. The molecule has 1 spiro atoms. The molecule has 9 heteroatoms. The molecule has 130 valence electrons. The minimum absolute atomic E-state index is 0.195. The molecule has 0 saturated carbocycles. The van der Waals surface area contributed by atoms with E-state index in [1.807, 2.05) is 0 Å². The number of carbonyl (C=O) groups is 3. The zero-order chi connectivity index (χ0) is 17.4. The molecular formula is C14H24N4O4S.